The fraction of sp³-hybridized carbons (Fsp3) is 0.444. The van der Waals surface area contributed by atoms with Crippen molar-refractivity contribution in [2.75, 3.05) is 20.2 Å². The van der Waals surface area contributed by atoms with Crippen LogP contribution in [-0.4, -0.2) is 36.8 Å². The van der Waals surface area contributed by atoms with Crippen LogP contribution >= 0.6 is 0 Å². The van der Waals surface area contributed by atoms with Crippen LogP contribution in [0.15, 0.2) is 34.9 Å². The number of benzene rings is 1. The molecule has 6 heteroatoms. The molecule has 1 amide bonds. The number of methoxy groups -OCH3 is 1. The van der Waals surface area contributed by atoms with E-state index >= 15 is 0 Å². The third-order valence-electron chi connectivity index (χ3n) is 5.15. The van der Waals surface area contributed by atoms with E-state index in [1.54, 1.807) is 13.2 Å². The van der Waals surface area contributed by atoms with Gasteiger partial charge in [0.1, 0.15) is 5.75 Å². The molecule has 24 heavy (non-hydrogen) atoms. The fourth-order valence-corrected chi connectivity index (χ4v) is 3.53. The van der Waals surface area contributed by atoms with Gasteiger partial charge in [-0.25, -0.2) is 0 Å². The normalized spacial score (nSPS) is 21.0. The number of hydrogen-bond donors (Lipinski definition) is 2. The summed E-state index contributed by atoms with van der Waals surface area (Å²) >= 11 is 0. The third-order valence-corrected chi connectivity index (χ3v) is 5.15. The van der Waals surface area contributed by atoms with Gasteiger partial charge in [-0.05, 0) is 43.9 Å². The Bertz CT molecular complexity index is 751. The van der Waals surface area contributed by atoms with Crippen LogP contribution in [0, 0.1) is 5.92 Å². The van der Waals surface area contributed by atoms with Crippen molar-refractivity contribution in [2.45, 2.75) is 24.8 Å². The minimum atomic E-state index is -0.185. The Morgan fingerprint density at radius 3 is 3.12 bits per heavy atom. The van der Waals surface area contributed by atoms with E-state index in [1.165, 1.54) is 12.8 Å². The van der Waals surface area contributed by atoms with Gasteiger partial charge in [-0.15, -0.1) is 0 Å². The molecule has 2 aliphatic rings. The summed E-state index contributed by atoms with van der Waals surface area (Å²) in [7, 11) is 1.61. The fourth-order valence-electron chi connectivity index (χ4n) is 3.53. The molecule has 2 heterocycles. The van der Waals surface area contributed by atoms with E-state index in [0.29, 0.717) is 29.5 Å². The monoisotopic (exact) mass is 327 g/mol. The second-order valence-electron chi connectivity index (χ2n) is 6.59. The maximum atomic E-state index is 12.3. The minimum Gasteiger partial charge on any atom is -0.497 e. The first-order valence-electron chi connectivity index (χ1n) is 8.34. The van der Waals surface area contributed by atoms with E-state index < -0.39 is 0 Å². The number of amides is 1. The lowest BCUT2D eigenvalue weighted by molar-refractivity contribution is 0.0936. The Kier molecular flexibility index (Phi) is 3.76. The summed E-state index contributed by atoms with van der Waals surface area (Å²) in [5, 5.41) is 10.5. The van der Waals surface area contributed by atoms with E-state index in [2.05, 4.69) is 15.8 Å². The maximum Gasteiger partial charge on any atom is 0.273 e. The second kappa shape index (κ2) is 5.94. The number of nitrogens with zero attached hydrogens (tertiary/aromatic N) is 1. The average Bonchev–Trinajstić information content (AvgIpc) is 3.06. The van der Waals surface area contributed by atoms with E-state index in [0.717, 1.165) is 24.3 Å². The molecule has 0 radical (unpaired) electrons. The molecular weight excluding hydrogens is 306 g/mol. The topological polar surface area (TPSA) is 76.4 Å². The van der Waals surface area contributed by atoms with Crippen LogP contribution in [0.1, 0.15) is 29.8 Å². The summed E-state index contributed by atoms with van der Waals surface area (Å²) < 4.78 is 10.5. The van der Waals surface area contributed by atoms with Crippen LogP contribution in [0.2, 0.25) is 0 Å². The zero-order chi connectivity index (χ0) is 16.6. The number of aromatic nitrogens is 1. The van der Waals surface area contributed by atoms with Crippen molar-refractivity contribution in [3.63, 3.8) is 0 Å². The molecule has 1 atom stereocenters. The summed E-state index contributed by atoms with van der Waals surface area (Å²) in [5.41, 5.74) is 1.43. The van der Waals surface area contributed by atoms with Crippen LogP contribution in [0.5, 0.6) is 5.75 Å². The minimum absolute atomic E-state index is 0.185. The van der Waals surface area contributed by atoms with Gasteiger partial charge in [0.15, 0.2) is 11.5 Å². The third kappa shape index (κ3) is 2.78. The Balaban J connectivity index is 1.41. The first-order valence-corrected chi connectivity index (χ1v) is 8.34. The maximum absolute atomic E-state index is 12.3. The summed E-state index contributed by atoms with van der Waals surface area (Å²) in [6.07, 6.45) is 3.56. The Morgan fingerprint density at radius 1 is 1.46 bits per heavy atom. The highest BCUT2D eigenvalue weighted by Gasteiger charge is 2.51. The largest absolute Gasteiger partial charge is 0.497 e. The number of carbonyl (C=O) groups is 1. The standard InChI is InChI=1S/C18H21N3O3/c1-23-14-4-2-3-12(9-14)16-10-15(21-24-16)17(22)19-11-13-5-8-20-18(13)6-7-18/h2-4,9-10,13,20H,5-8,11H2,1H3,(H,19,22). The van der Waals surface area contributed by atoms with Gasteiger partial charge in [0.25, 0.3) is 5.91 Å². The predicted octanol–water partition coefficient (Wildman–Crippen LogP) is 2.22. The van der Waals surface area contributed by atoms with Gasteiger partial charge in [0.05, 0.1) is 7.11 Å². The molecule has 0 bridgehead atoms. The van der Waals surface area contributed by atoms with Gasteiger partial charge >= 0.3 is 0 Å². The van der Waals surface area contributed by atoms with Gasteiger partial charge in [0, 0.05) is 23.7 Å². The lowest BCUT2D eigenvalue weighted by Gasteiger charge is -2.18. The van der Waals surface area contributed by atoms with Gasteiger partial charge in [-0.2, -0.15) is 0 Å². The van der Waals surface area contributed by atoms with E-state index in [4.69, 9.17) is 9.26 Å². The van der Waals surface area contributed by atoms with Crippen molar-refractivity contribution in [3.8, 4) is 17.1 Å². The van der Waals surface area contributed by atoms with Crippen molar-refractivity contribution in [1.82, 2.24) is 15.8 Å². The van der Waals surface area contributed by atoms with E-state index in [-0.39, 0.29) is 5.91 Å². The Labute approximate surface area is 140 Å². The highest BCUT2D eigenvalue weighted by molar-refractivity contribution is 5.93. The molecular formula is C18H21N3O3. The molecule has 1 aromatic heterocycles. The molecule has 126 valence electrons. The van der Waals surface area contributed by atoms with Crippen LogP contribution in [0.3, 0.4) is 0 Å². The smallest absolute Gasteiger partial charge is 0.273 e. The first-order chi connectivity index (χ1) is 11.7. The van der Waals surface area contributed by atoms with Crippen molar-refractivity contribution in [1.29, 1.82) is 0 Å². The number of ether oxygens (including phenoxy) is 1. The quantitative estimate of drug-likeness (QED) is 0.880. The SMILES string of the molecule is COc1cccc(-c2cc(C(=O)NCC3CCNC34CC4)no2)c1. The molecule has 1 saturated carbocycles. The van der Waals surface area contributed by atoms with Crippen LogP contribution in [0.4, 0.5) is 0 Å². The molecule has 2 N–H and O–H groups in total. The van der Waals surface area contributed by atoms with Crippen molar-refractivity contribution in [3.05, 3.63) is 36.0 Å². The number of carbonyl (C=O) groups excluding carboxylic acids is 1. The van der Waals surface area contributed by atoms with Gasteiger partial charge in [0.2, 0.25) is 0 Å². The van der Waals surface area contributed by atoms with Gasteiger partial charge in [-0.1, -0.05) is 17.3 Å². The van der Waals surface area contributed by atoms with Crippen molar-refractivity contribution < 1.29 is 14.1 Å². The van der Waals surface area contributed by atoms with Gasteiger partial charge in [-0.3, -0.25) is 4.79 Å². The lowest BCUT2D eigenvalue weighted by Crippen LogP contribution is -2.37. The van der Waals surface area contributed by atoms with Crippen molar-refractivity contribution >= 4 is 5.91 Å². The Morgan fingerprint density at radius 2 is 2.33 bits per heavy atom. The summed E-state index contributed by atoms with van der Waals surface area (Å²) in [5.74, 6) is 1.63. The van der Waals surface area contributed by atoms with Gasteiger partial charge < -0.3 is 19.9 Å². The molecule has 1 spiro atoms. The number of nitrogens with one attached hydrogen (secondary N) is 2. The molecule has 2 fully saturated rings. The summed E-state index contributed by atoms with van der Waals surface area (Å²) in [6.45, 7) is 1.73. The lowest BCUT2D eigenvalue weighted by atomic mass is 9.98. The molecule has 6 nitrogen and oxygen atoms in total. The zero-order valence-corrected chi connectivity index (χ0v) is 13.7. The molecule has 1 saturated heterocycles. The number of hydrogen-bond acceptors (Lipinski definition) is 5. The zero-order valence-electron chi connectivity index (χ0n) is 13.7. The highest BCUT2D eigenvalue weighted by Crippen LogP contribution is 2.46. The summed E-state index contributed by atoms with van der Waals surface area (Å²) in [4.78, 5) is 12.3. The molecule has 1 aromatic carbocycles. The highest BCUT2D eigenvalue weighted by atomic mass is 16.5. The van der Waals surface area contributed by atoms with E-state index in [1.807, 2.05) is 24.3 Å². The average molecular weight is 327 g/mol. The molecule has 4 rings (SSSR count). The molecule has 1 unspecified atom stereocenters. The molecule has 1 aliphatic heterocycles. The molecule has 1 aliphatic carbocycles. The van der Waals surface area contributed by atoms with Crippen molar-refractivity contribution in [2.24, 2.45) is 5.92 Å². The second-order valence-corrected chi connectivity index (χ2v) is 6.59. The predicted molar refractivity (Wildman–Crippen MR) is 88.9 cm³/mol. The summed E-state index contributed by atoms with van der Waals surface area (Å²) in [6, 6.07) is 9.15. The molecule has 2 aromatic rings. The van der Waals surface area contributed by atoms with Crippen LogP contribution < -0.4 is 15.4 Å². The van der Waals surface area contributed by atoms with Crippen LogP contribution in [0.25, 0.3) is 11.3 Å². The van der Waals surface area contributed by atoms with E-state index in [9.17, 15) is 4.79 Å². The first kappa shape index (κ1) is 15.2. The number of rotatable bonds is 5. The van der Waals surface area contributed by atoms with Crippen LogP contribution in [-0.2, 0) is 0 Å². The Hall–Kier alpha value is -2.34.